The Morgan fingerprint density at radius 3 is 1.95 bits per heavy atom. The quantitative estimate of drug-likeness (QED) is 0.470. The van der Waals surface area contributed by atoms with E-state index in [-0.39, 0.29) is 39.9 Å². The maximum Gasteiger partial charge on any atom is 0.0809 e. The average Bonchev–Trinajstić information content (AvgIpc) is 3.67. The molecule has 2 aromatic rings. The first-order valence-electron chi connectivity index (χ1n) is 12.4. The summed E-state index contributed by atoms with van der Waals surface area (Å²) in [6.07, 6.45) is 20.3. The van der Waals surface area contributed by atoms with Gasteiger partial charge >= 0.3 is 0 Å². The van der Waals surface area contributed by atoms with Crippen LogP contribution in [0.2, 0.25) is 0 Å². The van der Waals surface area contributed by atoms with Crippen molar-refractivity contribution in [2.24, 2.45) is 4.99 Å². The second kappa shape index (κ2) is 10.5. The Morgan fingerprint density at radius 2 is 1.35 bits per heavy atom. The van der Waals surface area contributed by atoms with Crippen molar-refractivity contribution in [2.75, 3.05) is 0 Å². The molecular weight excluding hydrogens is 604 g/mol. The minimum atomic E-state index is 0. The molecule has 8 heteroatoms. The SMILES string of the molecule is CCC1=C(C)C2=NC/1=C\N1C=CN(/C=c3/cc/c([n-]3)=C/N3C=CN(/C=c4\[n-]/c(c(C)c4CC)=C\2)[CH-]3)[CH-]1.[Gd]. The van der Waals surface area contributed by atoms with Gasteiger partial charge in [0.05, 0.1) is 11.4 Å². The fourth-order valence-electron chi connectivity index (χ4n) is 4.97. The molecule has 0 aromatic carbocycles. The van der Waals surface area contributed by atoms with E-state index in [1.54, 1.807) is 0 Å². The number of hydrogen-bond acceptors (Lipinski definition) is 5. The van der Waals surface area contributed by atoms with Crippen LogP contribution < -0.4 is 31.4 Å². The van der Waals surface area contributed by atoms with Crippen LogP contribution >= 0.6 is 0 Å². The summed E-state index contributed by atoms with van der Waals surface area (Å²) < 4.78 is 0. The Balaban J connectivity index is 0.00000280. The van der Waals surface area contributed by atoms with E-state index in [1.807, 2.05) is 82.3 Å². The van der Waals surface area contributed by atoms with E-state index >= 15 is 0 Å². The molecule has 2 aromatic heterocycles. The van der Waals surface area contributed by atoms with Gasteiger partial charge in [0, 0.05) is 46.1 Å². The molecule has 10 bridgehead atoms. The summed E-state index contributed by atoms with van der Waals surface area (Å²) in [4.78, 5) is 22.9. The Hall–Kier alpha value is -2.81. The van der Waals surface area contributed by atoms with E-state index in [9.17, 15) is 0 Å². The predicted octanol–water partition coefficient (Wildman–Crippen LogP) is 1.62. The van der Waals surface area contributed by atoms with Gasteiger partial charge < -0.3 is 29.6 Å². The molecule has 0 spiro atoms. The van der Waals surface area contributed by atoms with E-state index in [0.717, 1.165) is 45.6 Å². The largest absolute Gasteiger partial charge is 0.656 e. The third kappa shape index (κ3) is 5.02. The molecular formula is C29H29GdN7-4. The number of fused-ring (bicyclic) bond motifs is 9. The van der Waals surface area contributed by atoms with Crippen LogP contribution in [-0.2, 0) is 6.42 Å². The number of aliphatic imine (C=N–C) groups is 1. The maximum atomic E-state index is 5.03. The Labute approximate surface area is 249 Å². The van der Waals surface area contributed by atoms with Crippen LogP contribution in [-0.4, -0.2) is 25.3 Å². The van der Waals surface area contributed by atoms with Crippen molar-refractivity contribution in [3.8, 4) is 0 Å². The fourth-order valence-corrected chi connectivity index (χ4v) is 4.97. The van der Waals surface area contributed by atoms with E-state index in [1.165, 1.54) is 22.3 Å². The second-order valence-corrected chi connectivity index (χ2v) is 9.25. The number of nitrogens with zero attached hydrogens (tertiary/aromatic N) is 7. The Morgan fingerprint density at radius 1 is 0.757 bits per heavy atom. The van der Waals surface area contributed by atoms with Crippen LogP contribution in [0.3, 0.4) is 0 Å². The van der Waals surface area contributed by atoms with Crippen molar-refractivity contribution < 1.29 is 39.9 Å². The smallest absolute Gasteiger partial charge is 0.0809 e. The molecule has 0 amide bonds. The Bertz CT molecular complexity index is 1610. The summed E-state index contributed by atoms with van der Waals surface area (Å²) in [5.41, 5.74) is 6.92. The normalized spacial score (nSPS) is 23.2. The summed E-state index contributed by atoms with van der Waals surface area (Å²) in [6.45, 7) is 12.7. The molecule has 0 saturated heterocycles. The van der Waals surface area contributed by atoms with Gasteiger partial charge in [-0.25, -0.2) is 4.99 Å². The van der Waals surface area contributed by atoms with Crippen molar-refractivity contribution >= 4 is 30.4 Å². The van der Waals surface area contributed by atoms with E-state index < -0.39 is 0 Å². The van der Waals surface area contributed by atoms with Gasteiger partial charge in [0.15, 0.2) is 0 Å². The van der Waals surface area contributed by atoms with Gasteiger partial charge in [0.2, 0.25) is 0 Å². The topological polar surface area (TPSA) is 53.5 Å². The van der Waals surface area contributed by atoms with Crippen molar-refractivity contribution in [1.29, 1.82) is 0 Å². The minimum absolute atomic E-state index is 0. The van der Waals surface area contributed by atoms with E-state index in [0.29, 0.717) is 0 Å². The van der Waals surface area contributed by atoms with Gasteiger partial charge in [0.25, 0.3) is 0 Å². The molecule has 0 saturated carbocycles. The molecule has 0 N–H and O–H groups in total. The molecule has 0 atom stereocenters. The summed E-state index contributed by atoms with van der Waals surface area (Å²) >= 11 is 0. The molecule has 4 aliphatic rings. The maximum absolute atomic E-state index is 5.03. The standard InChI is InChI=1S/C29H29N7.Gd/c1-5-24-20(3)26-13-27-21(4)25(6-2)29(32-27)17-36-12-10-34(19-36)15-23-8-7-22(30-23)14-33-9-11-35(18-33)16-28(24)31-26;/h7-19H,5-6H2,1-4H3;/q-4;/b22-14-,23-15-,26-13-,28-16-,29-17-;. The molecule has 0 radical (unpaired) electrons. The third-order valence-corrected chi connectivity index (χ3v) is 6.90. The van der Waals surface area contributed by atoms with Crippen LogP contribution in [0.15, 0.2) is 65.0 Å². The first-order valence-corrected chi connectivity index (χ1v) is 12.4. The van der Waals surface area contributed by atoms with Crippen LogP contribution in [0.25, 0.3) is 24.7 Å². The van der Waals surface area contributed by atoms with Crippen molar-refractivity contribution in [2.45, 2.75) is 40.5 Å². The molecule has 6 heterocycles. The predicted molar refractivity (Wildman–Crippen MR) is 143 cm³/mol. The zero-order chi connectivity index (χ0) is 24.8. The summed E-state index contributed by atoms with van der Waals surface area (Å²) in [7, 11) is 0. The number of hydrogen-bond donors (Lipinski definition) is 0. The molecule has 0 unspecified atom stereocenters. The van der Waals surface area contributed by atoms with Crippen LogP contribution in [0.5, 0.6) is 0 Å². The van der Waals surface area contributed by atoms with Gasteiger partial charge in [-0.1, -0.05) is 43.2 Å². The molecule has 192 valence electrons. The first-order chi connectivity index (χ1) is 17.5. The van der Waals surface area contributed by atoms with Crippen molar-refractivity contribution in [3.63, 3.8) is 0 Å². The van der Waals surface area contributed by atoms with Crippen LogP contribution in [0.4, 0.5) is 0 Å². The molecule has 4 aliphatic heterocycles. The monoisotopic (exact) mass is 633 g/mol. The zero-order valence-electron chi connectivity index (χ0n) is 21.4. The average molecular weight is 633 g/mol. The summed E-state index contributed by atoms with van der Waals surface area (Å²) in [5, 5.41) is 3.77. The van der Waals surface area contributed by atoms with Gasteiger partial charge in [-0.3, -0.25) is 0 Å². The zero-order valence-corrected chi connectivity index (χ0v) is 23.7. The van der Waals surface area contributed by atoms with Gasteiger partial charge in [-0.15, -0.1) is 34.7 Å². The van der Waals surface area contributed by atoms with Crippen LogP contribution in [0.1, 0.15) is 38.3 Å². The Kier molecular flexibility index (Phi) is 7.34. The minimum Gasteiger partial charge on any atom is -0.656 e. The summed E-state index contributed by atoms with van der Waals surface area (Å²) in [5.74, 6) is 0. The van der Waals surface area contributed by atoms with Crippen molar-refractivity contribution in [1.82, 2.24) is 29.6 Å². The van der Waals surface area contributed by atoms with E-state index in [4.69, 9.17) is 15.0 Å². The number of rotatable bonds is 2. The fraction of sp³-hybridized carbons (Fsp3) is 0.207. The molecule has 0 fully saturated rings. The van der Waals surface area contributed by atoms with E-state index in [2.05, 4.69) is 46.2 Å². The second-order valence-electron chi connectivity index (χ2n) is 9.25. The number of allylic oxidation sites excluding steroid dienone is 2. The van der Waals surface area contributed by atoms with Crippen molar-refractivity contribution in [3.05, 3.63) is 106 Å². The van der Waals surface area contributed by atoms with Gasteiger partial charge in [-0.2, -0.15) is 0 Å². The third-order valence-electron chi connectivity index (χ3n) is 6.90. The van der Waals surface area contributed by atoms with Gasteiger partial charge in [0.1, 0.15) is 0 Å². The molecule has 0 aliphatic carbocycles. The van der Waals surface area contributed by atoms with Gasteiger partial charge in [-0.05, 0) is 81.2 Å². The van der Waals surface area contributed by atoms with Crippen LogP contribution in [0, 0.1) is 60.2 Å². The first kappa shape index (κ1) is 25.8. The molecule has 7 nitrogen and oxygen atoms in total. The summed E-state index contributed by atoms with van der Waals surface area (Å²) in [6, 6.07) is 4.05. The number of aromatic nitrogens is 2. The molecule has 6 rings (SSSR count). The molecule has 37 heavy (non-hydrogen) atoms.